The molecular formula is C81H103N9O3. The fraction of sp³-hybridized carbons (Fsp3) is 0.444. The minimum Gasteiger partial charge on any atom is -0.353 e. The number of hydrogen-bond acceptors (Lipinski definition) is 6. The molecule has 9 aromatic rings. The van der Waals surface area contributed by atoms with Crippen molar-refractivity contribution in [2.75, 3.05) is 59.9 Å². The number of aryl methyl sites for hydroxylation is 4. The normalized spacial score (nSPS) is 17.2. The molecule has 3 amide bonds. The van der Waals surface area contributed by atoms with E-state index < -0.39 is 0 Å². The maximum atomic E-state index is 12.7. The number of fused-ring (bicyclic) bond motifs is 4. The van der Waals surface area contributed by atoms with Crippen molar-refractivity contribution < 1.29 is 14.4 Å². The van der Waals surface area contributed by atoms with Gasteiger partial charge in [-0.15, -0.1) is 0 Å². The van der Waals surface area contributed by atoms with Crippen LogP contribution in [0.4, 0.5) is 0 Å². The Morgan fingerprint density at radius 1 is 0.430 bits per heavy atom. The summed E-state index contributed by atoms with van der Waals surface area (Å²) < 4.78 is 6.17. The maximum Gasteiger partial charge on any atom is 0.239 e. The Morgan fingerprint density at radius 2 is 0.892 bits per heavy atom. The van der Waals surface area contributed by atoms with Crippen molar-refractivity contribution >= 4 is 50.4 Å². The van der Waals surface area contributed by atoms with Gasteiger partial charge < -0.3 is 39.5 Å². The van der Waals surface area contributed by atoms with Crippen LogP contribution in [0.3, 0.4) is 0 Å². The van der Waals surface area contributed by atoms with Crippen molar-refractivity contribution in [3.63, 3.8) is 0 Å². The molecule has 0 bridgehead atoms. The molecule has 3 saturated carbocycles. The fourth-order valence-corrected chi connectivity index (χ4v) is 15.1. The molecule has 12 heteroatoms. The molecular weight excluding hydrogens is 1150 g/mol. The van der Waals surface area contributed by atoms with Crippen LogP contribution < -0.4 is 16.0 Å². The number of benzene rings is 6. The quantitative estimate of drug-likeness (QED) is 0.0701. The van der Waals surface area contributed by atoms with Gasteiger partial charge in [-0.3, -0.25) is 19.3 Å². The summed E-state index contributed by atoms with van der Waals surface area (Å²) in [7, 11) is 4.38. The Hall–Kier alpha value is -7.77. The van der Waals surface area contributed by atoms with Gasteiger partial charge in [0.15, 0.2) is 0 Å². The van der Waals surface area contributed by atoms with Crippen molar-refractivity contribution in [2.45, 2.75) is 168 Å². The first-order valence-corrected chi connectivity index (χ1v) is 35.2. The first-order valence-electron chi connectivity index (χ1n) is 35.2. The lowest BCUT2D eigenvalue weighted by Gasteiger charge is -2.44. The van der Waals surface area contributed by atoms with E-state index in [1.807, 2.05) is 23.2 Å². The van der Waals surface area contributed by atoms with Crippen LogP contribution in [-0.4, -0.2) is 124 Å². The Morgan fingerprint density at radius 3 is 1.46 bits per heavy atom. The van der Waals surface area contributed by atoms with E-state index in [2.05, 4.69) is 221 Å². The fourth-order valence-electron chi connectivity index (χ4n) is 15.1. The molecule has 13 rings (SSSR count). The minimum atomic E-state index is 0.0743. The van der Waals surface area contributed by atoms with E-state index in [9.17, 15) is 14.4 Å². The zero-order valence-corrected chi connectivity index (χ0v) is 56.6. The monoisotopic (exact) mass is 1250 g/mol. The van der Waals surface area contributed by atoms with E-state index in [1.165, 1.54) is 176 Å². The van der Waals surface area contributed by atoms with Gasteiger partial charge in [0.2, 0.25) is 17.7 Å². The molecule has 93 heavy (non-hydrogen) atoms. The van der Waals surface area contributed by atoms with E-state index in [0.29, 0.717) is 44.8 Å². The number of aromatic nitrogens is 3. The standard InChI is InChI=1S/C28H35N3O.C27H35N3O.C26H33N3O/c1-21-8-10-22(11-9-21)25-13-12-24-14-17-31(27(24)19-25)20-28(32)29-15-18-30-16-4-6-23-5-2-3-7-26(23)30;1-20-9-10-23(17-21(20)2)24-12-11-22-13-15-30(26(22)18-24)19-27(31)28-14-16-29(3)25-7-5-4-6-8-25;1-20-11-13-21(14-12-20)23-9-6-10-25-24(23)15-17-29(25)19-26(30)27-16-18-28(2)22-7-4-3-5-8-22/h8-14,17,19,23,26H,2-7,15-16,18,20H2,1H3,(H,29,32);9-13,15,17-18,25H,4-8,14,16,19H2,1-3H3,(H,28,31);6,9-15,17,22H,3-5,7-8,16,18-19H2,1-2H3,(H,27,30)/t23-,26+;;/m0../s1. The van der Waals surface area contributed by atoms with Gasteiger partial charge in [0.1, 0.15) is 19.6 Å². The molecule has 4 heterocycles. The third-order valence-corrected chi connectivity index (χ3v) is 20.9. The summed E-state index contributed by atoms with van der Waals surface area (Å²) in [6.07, 6.45) is 27.6. The molecule has 4 aliphatic rings. The van der Waals surface area contributed by atoms with E-state index in [0.717, 1.165) is 60.1 Å². The highest BCUT2D eigenvalue weighted by Crippen LogP contribution is 2.36. The minimum absolute atomic E-state index is 0.0743. The SMILES string of the molecule is Cc1ccc(-c2ccc3ccn(CC(=O)NCCN(C)C4CCCCC4)c3c2)cc1C.Cc1ccc(-c2ccc3ccn(CC(=O)NCCN4CCC[C@@H]5CCCC[C@H]54)c3c2)cc1.Cc1ccc(-c2cccc3c2ccn3CC(=O)NCCN(C)C2CCCCC2)cc1. The summed E-state index contributed by atoms with van der Waals surface area (Å²) in [5.74, 6) is 1.14. The Labute approximate surface area is 554 Å². The summed E-state index contributed by atoms with van der Waals surface area (Å²) in [6, 6.07) is 51.6. The number of nitrogens with zero attached hydrogens (tertiary/aromatic N) is 6. The number of nitrogens with one attached hydrogen (secondary N) is 3. The third kappa shape index (κ3) is 17.7. The Kier molecular flexibility index (Phi) is 23.2. The van der Waals surface area contributed by atoms with E-state index in [-0.39, 0.29) is 17.7 Å². The molecule has 0 unspecified atom stereocenters. The second-order valence-electron chi connectivity index (χ2n) is 27.5. The predicted octanol–water partition coefficient (Wildman–Crippen LogP) is 15.7. The Bertz CT molecular complexity index is 3900. The molecule has 3 N–H and O–H groups in total. The van der Waals surface area contributed by atoms with Gasteiger partial charge in [0, 0.05) is 97.9 Å². The zero-order chi connectivity index (χ0) is 64.6. The molecule has 3 aromatic heterocycles. The number of amides is 3. The van der Waals surface area contributed by atoms with Gasteiger partial charge in [-0.05, 0) is 197 Å². The number of carbonyl (C=O) groups is 3. The first kappa shape index (κ1) is 66.7. The van der Waals surface area contributed by atoms with Gasteiger partial charge in [0.25, 0.3) is 0 Å². The van der Waals surface area contributed by atoms with E-state index in [1.54, 1.807) is 0 Å². The van der Waals surface area contributed by atoms with Gasteiger partial charge in [-0.25, -0.2) is 0 Å². The average molecular weight is 1250 g/mol. The van der Waals surface area contributed by atoms with E-state index in [4.69, 9.17) is 0 Å². The van der Waals surface area contributed by atoms with Crippen LogP contribution in [0, 0.1) is 33.6 Å². The summed E-state index contributed by atoms with van der Waals surface area (Å²) in [4.78, 5) is 45.4. The molecule has 0 radical (unpaired) electrons. The van der Waals surface area contributed by atoms with Gasteiger partial charge in [-0.2, -0.15) is 0 Å². The second-order valence-corrected chi connectivity index (χ2v) is 27.5. The summed E-state index contributed by atoms with van der Waals surface area (Å²) >= 11 is 0. The van der Waals surface area contributed by atoms with E-state index >= 15 is 0 Å². The van der Waals surface area contributed by atoms with Gasteiger partial charge in [-0.1, -0.05) is 166 Å². The lowest BCUT2D eigenvalue weighted by Crippen LogP contribution is -2.49. The highest BCUT2D eigenvalue weighted by molar-refractivity contribution is 5.96. The van der Waals surface area contributed by atoms with Crippen LogP contribution in [0.25, 0.3) is 66.1 Å². The number of likely N-dealkylation sites (N-methyl/N-ethyl adjacent to an activating group) is 2. The Balaban J connectivity index is 0.000000143. The molecule has 1 saturated heterocycles. The third-order valence-electron chi connectivity index (χ3n) is 20.9. The van der Waals surface area contributed by atoms with Gasteiger partial charge in [0.05, 0.1) is 0 Å². The number of carbonyl (C=O) groups excluding carboxylic acids is 3. The van der Waals surface area contributed by atoms with Crippen LogP contribution >= 0.6 is 0 Å². The van der Waals surface area contributed by atoms with Crippen LogP contribution in [0.1, 0.15) is 125 Å². The van der Waals surface area contributed by atoms with Crippen molar-refractivity contribution in [3.05, 3.63) is 180 Å². The molecule has 6 aromatic carbocycles. The summed E-state index contributed by atoms with van der Waals surface area (Å²) in [6.45, 7) is 15.7. The van der Waals surface area contributed by atoms with Crippen molar-refractivity contribution in [1.29, 1.82) is 0 Å². The van der Waals surface area contributed by atoms with Crippen molar-refractivity contribution in [2.24, 2.45) is 5.92 Å². The van der Waals surface area contributed by atoms with Gasteiger partial charge >= 0.3 is 0 Å². The predicted molar refractivity (Wildman–Crippen MR) is 386 cm³/mol. The number of piperidine rings is 1. The topological polar surface area (TPSA) is 112 Å². The maximum absolute atomic E-state index is 12.7. The second kappa shape index (κ2) is 32.4. The first-order chi connectivity index (χ1) is 45.3. The number of hydrogen-bond donors (Lipinski definition) is 3. The summed E-state index contributed by atoms with van der Waals surface area (Å²) in [5.41, 5.74) is 15.6. The molecule has 12 nitrogen and oxygen atoms in total. The molecule has 1 aliphatic heterocycles. The highest BCUT2D eigenvalue weighted by Gasteiger charge is 2.33. The summed E-state index contributed by atoms with van der Waals surface area (Å²) in [5, 5.41) is 12.9. The van der Waals surface area contributed by atoms with Crippen LogP contribution in [0.15, 0.2) is 158 Å². The lowest BCUT2D eigenvalue weighted by molar-refractivity contribution is -0.122. The molecule has 4 fully saturated rings. The molecule has 490 valence electrons. The van der Waals surface area contributed by atoms with Crippen LogP contribution in [-0.2, 0) is 34.0 Å². The van der Waals surface area contributed by atoms with Crippen molar-refractivity contribution in [1.82, 2.24) is 44.4 Å². The zero-order valence-electron chi connectivity index (χ0n) is 56.6. The highest BCUT2D eigenvalue weighted by atomic mass is 16.2. The smallest absolute Gasteiger partial charge is 0.239 e. The molecule has 0 spiro atoms. The number of likely N-dealkylation sites (tertiary alicyclic amines) is 1. The number of rotatable bonds is 20. The van der Waals surface area contributed by atoms with Crippen molar-refractivity contribution in [3.8, 4) is 33.4 Å². The molecule has 3 aliphatic carbocycles. The largest absolute Gasteiger partial charge is 0.353 e. The average Bonchev–Trinajstić information content (AvgIpc) is 2.56. The molecule has 2 atom stereocenters. The van der Waals surface area contributed by atoms with Crippen LogP contribution in [0.5, 0.6) is 0 Å². The van der Waals surface area contributed by atoms with Crippen LogP contribution in [0.2, 0.25) is 0 Å². The lowest BCUT2D eigenvalue weighted by atomic mass is 9.78.